The second-order valence-corrected chi connectivity index (χ2v) is 6.04. The molecule has 8 heteroatoms. The van der Waals surface area contributed by atoms with E-state index in [-0.39, 0.29) is 18.8 Å². The Bertz CT molecular complexity index is 529. The van der Waals surface area contributed by atoms with Gasteiger partial charge in [0.05, 0.1) is 17.2 Å². The summed E-state index contributed by atoms with van der Waals surface area (Å²) in [7, 11) is 1.57. The number of hydrogen-bond acceptors (Lipinski definition) is 5. The number of thiazole rings is 1. The summed E-state index contributed by atoms with van der Waals surface area (Å²) in [4.78, 5) is 39.6. The van der Waals surface area contributed by atoms with Crippen LogP contribution in [-0.2, 0) is 16.1 Å². The van der Waals surface area contributed by atoms with Crippen LogP contribution in [0.5, 0.6) is 0 Å². The van der Waals surface area contributed by atoms with Crippen molar-refractivity contribution in [2.75, 3.05) is 7.05 Å². The maximum atomic E-state index is 11.8. The van der Waals surface area contributed by atoms with Crippen molar-refractivity contribution < 1.29 is 19.5 Å². The lowest BCUT2D eigenvalue weighted by atomic mass is 10.0. The lowest BCUT2D eigenvalue weighted by Gasteiger charge is -2.16. The third-order valence-corrected chi connectivity index (χ3v) is 3.54. The largest absolute Gasteiger partial charge is 0.481 e. The molecule has 1 aromatic rings. The molecule has 116 valence electrons. The summed E-state index contributed by atoms with van der Waals surface area (Å²) in [5.74, 6) is -1.76. The Morgan fingerprint density at radius 1 is 1.43 bits per heavy atom. The summed E-state index contributed by atoms with van der Waals surface area (Å²) in [6, 6.07) is -0.520. The van der Waals surface area contributed by atoms with E-state index in [0.29, 0.717) is 6.54 Å². The van der Waals surface area contributed by atoms with Gasteiger partial charge in [0.15, 0.2) is 0 Å². The Hall–Kier alpha value is -1.96. The fraction of sp³-hybridized carbons (Fsp3) is 0.538. The highest BCUT2D eigenvalue weighted by atomic mass is 32.1. The second kappa shape index (κ2) is 7.72. The molecule has 0 radical (unpaired) electrons. The molecule has 0 spiro atoms. The molecular formula is C13H19N3O4S. The van der Waals surface area contributed by atoms with Crippen molar-refractivity contribution in [2.45, 2.75) is 33.2 Å². The molecule has 0 saturated carbocycles. The molecule has 2 N–H and O–H groups in total. The summed E-state index contributed by atoms with van der Waals surface area (Å²) in [5, 5.41) is 13.6. The molecular weight excluding hydrogens is 294 g/mol. The van der Waals surface area contributed by atoms with Crippen molar-refractivity contribution in [3.05, 3.63) is 16.1 Å². The van der Waals surface area contributed by atoms with Crippen molar-refractivity contribution in [1.82, 2.24) is 15.2 Å². The van der Waals surface area contributed by atoms with E-state index in [1.807, 2.05) is 12.3 Å². The van der Waals surface area contributed by atoms with E-state index in [1.165, 1.54) is 16.2 Å². The highest BCUT2D eigenvalue weighted by molar-refractivity contribution is 7.09. The Morgan fingerprint density at radius 3 is 2.62 bits per heavy atom. The lowest BCUT2D eigenvalue weighted by molar-refractivity contribution is -0.138. The smallest absolute Gasteiger partial charge is 0.324 e. The highest BCUT2D eigenvalue weighted by Crippen LogP contribution is 2.10. The maximum absolute atomic E-state index is 11.8. The number of aliphatic carboxylic acids is 1. The van der Waals surface area contributed by atoms with Gasteiger partial charge in [0, 0.05) is 25.3 Å². The molecule has 1 rings (SSSR count). The van der Waals surface area contributed by atoms with Crippen LogP contribution in [0.1, 0.15) is 30.5 Å². The predicted molar refractivity (Wildman–Crippen MR) is 77.9 cm³/mol. The zero-order chi connectivity index (χ0) is 16.0. The van der Waals surface area contributed by atoms with Crippen molar-refractivity contribution in [3.63, 3.8) is 0 Å². The first-order valence-electron chi connectivity index (χ1n) is 6.45. The van der Waals surface area contributed by atoms with Gasteiger partial charge >= 0.3 is 12.0 Å². The topological polar surface area (TPSA) is 99.6 Å². The van der Waals surface area contributed by atoms with Crippen LogP contribution in [-0.4, -0.2) is 39.9 Å². The third kappa shape index (κ3) is 6.35. The molecule has 3 amide bonds. The van der Waals surface area contributed by atoms with Crippen LogP contribution >= 0.6 is 11.3 Å². The molecule has 0 fully saturated rings. The van der Waals surface area contributed by atoms with E-state index in [4.69, 9.17) is 5.11 Å². The van der Waals surface area contributed by atoms with Crippen molar-refractivity contribution in [3.8, 4) is 0 Å². The number of nitrogens with one attached hydrogen (secondary N) is 1. The predicted octanol–water partition coefficient (Wildman–Crippen LogP) is 1.62. The minimum atomic E-state index is -0.961. The number of hydrogen-bond donors (Lipinski definition) is 2. The van der Waals surface area contributed by atoms with Gasteiger partial charge in [0.1, 0.15) is 0 Å². The number of carbonyl (C=O) groups excluding carboxylic acids is 2. The average molecular weight is 313 g/mol. The van der Waals surface area contributed by atoms with Crippen LogP contribution in [0.25, 0.3) is 0 Å². The zero-order valence-electron chi connectivity index (χ0n) is 12.3. The van der Waals surface area contributed by atoms with Crippen LogP contribution in [0.4, 0.5) is 4.79 Å². The number of carboxylic acid groups (broad SMARTS) is 1. The fourth-order valence-corrected chi connectivity index (χ4v) is 2.35. The number of carboxylic acids is 1. The Kier molecular flexibility index (Phi) is 6.29. The number of rotatable bonds is 6. The molecule has 1 heterocycles. The zero-order valence-corrected chi connectivity index (χ0v) is 13.1. The first kappa shape index (κ1) is 17.1. The van der Waals surface area contributed by atoms with Gasteiger partial charge in [-0.05, 0) is 12.8 Å². The second-order valence-electron chi connectivity index (χ2n) is 4.97. The van der Waals surface area contributed by atoms with Crippen molar-refractivity contribution in [1.29, 1.82) is 0 Å². The Morgan fingerprint density at radius 2 is 2.10 bits per heavy atom. The molecule has 0 bridgehead atoms. The molecule has 0 aliphatic rings. The van der Waals surface area contributed by atoms with Crippen LogP contribution in [0.15, 0.2) is 5.38 Å². The molecule has 21 heavy (non-hydrogen) atoms. The Labute approximate surface area is 127 Å². The van der Waals surface area contributed by atoms with Gasteiger partial charge in [0.2, 0.25) is 5.91 Å². The molecule has 1 atom stereocenters. The number of imide groups is 1. The average Bonchev–Trinajstić information content (AvgIpc) is 2.72. The first-order chi connectivity index (χ1) is 9.77. The van der Waals surface area contributed by atoms with Crippen LogP contribution in [0.2, 0.25) is 0 Å². The Balaban J connectivity index is 2.41. The summed E-state index contributed by atoms with van der Waals surface area (Å²) in [6.07, 6.45) is -0.1000. The van der Waals surface area contributed by atoms with Crippen LogP contribution in [0.3, 0.4) is 0 Å². The standard InChI is InChI=1S/C13H19N3O4S/c1-8(5-12(18)19)4-11(17)15-13(20)16(3)6-10-7-21-9(2)14-10/h7-8H,4-6H2,1-3H3,(H,18,19)(H,15,17,20). The number of urea groups is 1. The molecule has 1 unspecified atom stereocenters. The van der Waals surface area contributed by atoms with Crippen molar-refractivity contribution >= 4 is 29.2 Å². The SMILES string of the molecule is Cc1nc(CN(C)C(=O)NC(=O)CC(C)CC(=O)O)cs1. The van der Waals surface area contributed by atoms with Crippen LogP contribution in [0, 0.1) is 12.8 Å². The minimum Gasteiger partial charge on any atom is -0.481 e. The van der Waals surface area contributed by atoms with E-state index in [2.05, 4.69) is 10.3 Å². The van der Waals surface area contributed by atoms with E-state index < -0.39 is 17.9 Å². The molecule has 1 aromatic heterocycles. The van der Waals surface area contributed by atoms with Gasteiger partial charge in [-0.2, -0.15) is 0 Å². The normalized spacial score (nSPS) is 11.8. The van der Waals surface area contributed by atoms with Gasteiger partial charge in [-0.1, -0.05) is 6.92 Å². The van der Waals surface area contributed by atoms with E-state index in [1.54, 1.807) is 14.0 Å². The van der Waals surface area contributed by atoms with Gasteiger partial charge in [0.25, 0.3) is 0 Å². The van der Waals surface area contributed by atoms with Crippen LogP contribution < -0.4 is 5.32 Å². The number of aromatic nitrogens is 1. The third-order valence-electron chi connectivity index (χ3n) is 2.72. The summed E-state index contributed by atoms with van der Waals surface area (Å²) >= 11 is 1.49. The van der Waals surface area contributed by atoms with Gasteiger partial charge in [-0.15, -0.1) is 11.3 Å². The number of aryl methyl sites for hydroxylation is 1. The number of amides is 3. The maximum Gasteiger partial charge on any atom is 0.324 e. The molecule has 0 saturated heterocycles. The summed E-state index contributed by atoms with van der Waals surface area (Å²) < 4.78 is 0. The van der Waals surface area contributed by atoms with E-state index >= 15 is 0 Å². The minimum absolute atomic E-state index is 0.00168. The molecule has 7 nitrogen and oxygen atoms in total. The van der Waals surface area contributed by atoms with Gasteiger partial charge < -0.3 is 10.0 Å². The molecule has 0 aromatic carbocycles. The monoisotopic (exact) mass is 313 g/mol. The number of nitrogens with zero attached hydrogens (tertiary/aromatic N) is 2. The van der Waals surface area contributed by atoms with E-state index in [9.17, 15) is 14.4 Å². The quantitative estimate of drug-likeness (QED) is 0.831. The van der Waals surface area contributed by atoms with Crippen molar-refractivity contribution in [2.24, 2.45) is 5.92 Å². The molecule has 0 aliphatic heterocycles. The van der Waals surface area contributed by atoms with Gasteiger partial charge in [-0.25, -0.2) is 9.78 Å². The first-order valence-corrected chi connectivity index (χ1v) is 7.33. The highest BCUT2D eigenvalue weighted by Gasteiger charge is 2.17. The number of carbonyl (C=O) groups is 3. The lowest BCUT2D eigenvalue weighted by Crippen LogP contribution is -2.40. The van der Waals surface area contributed by atoms with Gasteiger partial charge in [-0.3, -0.25) is 14.9 Å². The van der Waals surface area contributed by atoms with E-state index in [0.717, 1.165) is 10.7 Å². The fourth-order valence-electron chi connectivity index (χ4n) is 1.75. The summed E-state index contributed by atoms with van der Waals surface area (Å²) in [6.45, 7) is 3.84. The summed E-state index contributed by atoms with van der Waals surface area (Å²) in [5.41, 5.74) is 0.766. The molecule has 0 aliphatic carbocycles.